The lowest BCUT2D eigenvalue weighted by Gasteiger charge is -2.12. The van der Waals surface area contributed by atoms with Crippen LogP contribution in [0.3, 0.4) is 0 Å². The quantitative estimate of drug-likeness (QED) is 0.482. The molecule has 158 valence electrons. The molecule has 0 saturated carbocycles. The lowest BCUT2D eigenvalue weighted by Crippen LogP contribution is -2.28. The van der Waals surface area contributed by atoms with Gasteiger partial charge in [-0.1, -0.05) is 41.7 Å². The number of rotatable bonds is 9. The van der Waals surface area contributed by atoms with Gasteiger partial charge in [-0.05, 0) is 18.2 Å². The van der Waals surface area contributed by atoms with Crippen molar-refractivity contribution in [3.63, 3.8) is 0 Å². The molecule has 0 aliphatic heterocycles. The van der Waals surface area contributed by atoms with Gasteiger partial charge in [0, 0.05) is 24.8 Å². The van der Waals surface area contributed by atoms with E-state index in [9.17, 15) is 13.2 Å². The van der Waals surface area contributed by atoms with Gasteiger partial charge in [0.05, 0.1) is 13.7 Å². The summed E-state index contributed by atoms with van der Waals surface area (Å²) in [7, 11) is -1.07. The Kier molecular flexibility index (Phi) is 7.11. The van der Waals surface area contributed by atoms with Crippen LogP contribution in [0, 0.1) is 0 Å². The third kappa shape index (κ3) is 5.19. The second-order valence-corrected chi connectivity index (χ2v) is 8.70. The fraction of sp³-hybridized carbons (Fsp3) is 0.211. The van der Waals surface area contributed by atoms with Crippen molar-refractivity contribution in [3.8, 4) is 16.3 Å². The molecule has 1 aromatic heterocycles. The molecule has 0 unspecified atom stereocenters. The first-order valence-electron chi connectivity index (χ1n) is 8.81. The molecule has 1 heterocycles. The number of methoxy groups -OCH3 is 2. The monoisotopic (exact) mass is 448 g/mol. The molecule has 0 fully saturated rings. The molecule has 0 aliphatic carbocycles. The number of benzene rings is 2. The minimum atomic E-state index is -3.90. The van der Waals surface area contributed by atoms with Gasteiger partial charge in [-0.25, -0.2) is 13.1 Å². The van der Waals surface area contributed by atoms with E-state index in [1.807, 2.05) is 30.3 Å². The largest absolute Gasteiger partial charge is 0.495 e. The normalized spacial score (nSPS) is 11.3. The van der Waals surface area contributed by atoms with Crippen LogP contribution in [0.2, 0.25) is 0 Å². The lowest BCUT2D eigenvalue weighted by molar-refractivity contribution is 0.102. The summed E-state index contributed by atoms with van der Waals surface area (Å²) in [5.74, 6) is -0.388. The van der Waals surface area contributed by atoms with Gasteiger partial charge in [0.1, 0.15) is 15.7 Å². The molecular formula is C19H20N4O5S2. The Bertz CT molecular complexity index is 1120. The van der Waals surface area contributed by atoms with Crippen LogP contribution in [0.5, 0.6) is 5.75 Å². The molecule has 11 heteroatoms. The van der Waals surface area contributed by atoms with Crippen molar-refractivity contribution < 1.29 is 22.7 Å². The summed E-state index contributed by atoms with van der Waals surface area (Å²) >= 11 is 1.22. The number of carbonyl (C=O) groups excluding carboxylic acids is 1. The molecule has 3 rings (SSSR count). The molecule has 1 amide bonds. The SMILES string of the molecule is COCCNS(=O)(=O)c1cc(C(=O)Nc2nnc(-c3ccccc3)s2)ccc1OC. The highest BCUT2D eigenvalue weighted by Gasteiger charge is 2.22. The smallest absolute Gasteiger partial charge is 0.257 e. The van der Waals surface area contributed by atoms with Gasteiger partial charge in [0.15, 0.2) is 0 Å². The van der Waals surface area contributed by atoms with E-state index < -0.39 is 15.9 Å². The zero-order valence-corrected chi connectivity index (χ0v) is 17.9. The van der Waals surface area contributed by atoms with Crippen molar-refractivity contribution in [1.82, 2.24) is 14.9 Å². The van der Waals surface area contributed by atoms with E-state index in [1.54, 1.807) is 0 Å². The Balaban J connectivity index is 1.80. The van der Waals surface area contributed by atoms with Crippen molar-refractivity contribution in [1.29, 1.82) is 0 Å². The van der Waals surface area contributed by atoms with Crippen LogP contribution in [-0.2, 0) is 14.8 Å². The summed E-state index contributed by atoms with van der Waals surface area (Å²) in [6.45, 7) is 0.300. The summed E-state index contributed by atoms with van der Waals surface area (Å²) in [5.41, 5.74) is 1.02. The number of hydrogen-bond acceptors (Lipinski definition) is 8. The Labute approximate surface area is 178 Å². The Hall–Kier alpha value is -2.86. The molecule has 0 aliphatic rings. The zero-order chi connectivity index (χ0) is 21.6. The van der Waals surface area contributed by atoms with Gasteiger partial charge < -0.3 is 9.47 Å². The molecule has 2 N–H and O–H groups in total. The van der Waals surface area contributed by atoms with E-state index >= 15 is 0 Å². The van der Waals surface area contributed by atoms with Crippen LogP contribution in [0.4, 0.5) is 5.13 Å². The molecule has 0 atom stereocenters. The van der Waals surface area contributed by atoms with Crippen molar-refractivity contribution >= 4 is 32.4 Å². The molecule has 0 saturated heterocycles. The molecule has 2 aromatic carbocycles. The first-order valence-corrected chi connectivity index (χ1v) is 11.1. The van der Waals surface area contributed by atoms with E-state index in [2.05, 4.69) is 20.2 Å². The van der Waals surface area contributed by atoms with Crippen molar-refractivity contribution in [3.05, 3.63) is 54.1 Å². The number of hydrogen-bond donors (Lipinski definition) is 2. The van der Waals surface area contributed by atoms with Gasteiger partial charge in [-0.15, -0.1) is 10.2 Å². The Morgan fingerprint density at radius 1 is 1.10 bits per heavy atom. The van der Waals surface area contributed by atoms with Crippen LogP contribution in [0.25, 0.3) is 10.6 Å². The van der Waals surface area contributed by atoms with Gasteiger partial charge in [0.25, 0.3) is 5.91 Å². The first kappa shape index (κ1) is 21.8. The third-order valence-corrected chi connectivity index (χ3v) is 6.35. The van der Waals surface area contributed by atoms with Crippen LogP contribution >= 0.6 is 11.3 Å². The molecule has 9 nitrogen and oxygen atoms in total. The fourth-order valence-corrected chi connectivity index (χ4v) is 4.47. The number of ether oxygens (including phenoxy) is 2. The molecule has 0 bridgehead atoms. The standard InChI is InChI=1S/C19H20N4O5S2/c1-27-11-10-20-30(25,26)16-12-14(8-9-15(16)28-2)17(24)21-19-23-22-18(29-19)13-6-4-3-5-7-13/h3-9,12,20H,10-11H2,1-2H3,(H,21,23,24). The number of nitrogens with zero attached hydrogens (tertiary/aromatic N) is 2. The van der Waals surface area contributed by atoms with Crippen molar-refractivity contribution in [2.24, 2.45) is 0 Å². The van der Waals surface area contributed by atoms with Crippen molar-refractivity contribution in [2.45, 2.75) is 4.90 Å². The van der Waals surface area contributed by atoms with E-state index in [1.165, 1.54) is 43.8 Å². The third-order valence-electron chi connectivity index (χ3n) is 3.98. The topological polar surface area (TPSA) is 120 Å². The summed E-state index contributed by atoms with van der Waals surface area (Å²) < 4.78 is 37.6. The number of aromatic nitrogens is 2. The molecular weight excluding hydrogens is 428 g/mol. The van der Waals surface area contributed by atoms with Crippen LogP contribution in [-0.4, -0.2) is 51.9 Å². The average molecular weight is 449 g/mol. The van der Waals surface area contributed by atoms with E-state index in [4.69, 9.17) is 9.47 Å². The minimum Gasteiger partial charge on any atom is -0.495 e. The van der Waals surface area contributed by atoms with Crippen molar-refractivity contribution in [2.75, 3.05) is 32.7 Å². The number of carbonyl (C=O) groups is 1. The number of sulfonamides is 1. The summed E-state index contributed by atoms with van der Waals surface area (Å²) in [4.78, 5) is 12.5. The van der Waals surface area contributed by atoms with Gasteiger partial charge in [-0.3, -0.25) is 10.1 Å². The highest BCUT2D eigenvalue weighted by Crippen LogP contribution is 2.28. The predicted octanol–water partition coefficient (Wildman–Crippen LogP) is 2.39. The maximum atomic E-state index is 12.7. The lowest BCUT2D eigenvalue weighted by atomic mass is 10.2. The predicted molar refractivity (Wildman–Crippen MR) is 113 cm³/mol. The summed E-state index contributed by atoms with van der Waals surface area (Å²) in [5, 5.41) is 11.7. The number of nitrogens with one attached hydrogen (secondary N) is 2. The number of anilines is 1. The first-order chi connectivity index (χ1) is 14.4. The molecule has 0 spiro atoms. The maximum absolute atomic E-state index is 12.7. The minimum absolute atomic E-state index is 0.0887. The van der Waals surface area contributed by atoms with E-state index in [0.717, 1.165) is 5.56 Å². The van der Waals surface area contributed by atoms with E-state index in [-0.39, 0.29) is 29.4 Å². The Morgan fingerprint density at radius 2 is 1.87 bits per heavy atom. The van der Waals surface area contributed by atoms with Crippen LogP contribution in [0.15, 0.2) is 53.4 Å². The van der Waals surface area contributed by atoms with Crippen LogP contribution < -0.4 is 14.8 Å². The summed E-state index contributed by atoms with van der Waals surface area (Å²) in [6, 6.07) is 13.6. The average Bonchev–Trinajstić information content (AvgIpc) is 3.22. The van der Waals surface area contributed by atoms with Gasteiger partial charge in [0.2, 0.25) is 15.2 Å². The summed E-state index contributed by atoms with van der Waals surface area (Å²) in [6.07, 6.45) is 0. The molecule has 30 heavy (non-hydrogen) atoms. The molecule has 0 radical (unpaired) electrons. The maximum Gasteiger partial charge on any atom is 0.257 e. The van der Waals surface area contributed by atoms with E-state index in [0.29, 0.717) is 10.1 Å². The Morgan fingerprint density at radius 3 is 2.57 bits per heavy atom. The second kappa shape index (κ2) is 9.76. The van der Waals surface area contributed by atoms with Crippen LogP contribution in [0.1, 0.15) is 10.4 Å². The highest BCUT2D eigenvalue weighted by atomic mass is 32.2. The zero-order valence-electron chi connectivity index (χ0n) is 16.3. The number of amides is 1. The second-order valence-electron chi connectivity index (χ2n) is 5.99. The van der Waals surface area contributed by atoms with Gasteiger partial charge in [-0.2, -0.15) is 0 Å². The highest BCUT2D eigenvalue weighted by molar-refractivity contribution is 7.89. The molecule has 3 aromatic rings. The fourth-order valence-electron chi connectivity index (χ4n) is 2.52. The van der Waals surface area contributed by atoms with Gasteiger partial charge >= 0.3 is 0 Å².